The number of hydrogen-bond acceptors (Lipinski definition) is 2. The van der Waals surface area contributed by atoms with Crippen molar-refractivity contribution >= 4 is 11.6 Å². The molecule has 2 aromatic rings. The summed E-state index contributed by atoms with van der Waals surface area (Å²) in [5, 5.41) is 14.3. The fourth-order valence-electron chi connectivity index (χ4n) is 1.71. The fourth-order valence-corrected chi connectivity index (χ4v) is 1.83. The third-order valence-corrected chi connectivity index (χ3v) is 3.14. The number of halogens is 1. The van der Waals surface area contributed by atoms with Gasteiger partial charge in [-0.05, 0) is 19.9 Å². The molecule has 0 spiro atoms. The molecule has 0 radical (unpaired) electrons. The Balaban J connectivity index is 2.63. The van der Waals surface area contributed by atoms with Crippen LogP contribution in [0.25, 0.3) is 5.69 Å². The molecule has 84 valence electrons. The Hall–Kier alpha value is -1.32. The molecular formula is C12H13ClN2O. The predicted octanol–water partition coefficient (Wildman–Crippen LogP) is 2.63. The Labute approximate surface area is 99.3 Å². The maximum atomic E-state index is 9.27. The van der Waals surface area contributed by atoms with Crippen LogP contribution in [0, 0.1) is 13.8 Å². The molecular weight excluding hydrogens is 224 g/mol. The Morgan fingerprint density at radius 3 is 2.56 bits per heavy atom. The first-order chi connectivity index (χ1) is 7.65. The summed E-state index contributed by atoms with van der Waals surface area (Å²) in [6.45, 7) is 3.77. The van der Waals surface area contributed by atoms with Crippen LogP contribution in [-0.4, -0.2) is 14.9 Å². The molecule has 3 nitrogen and oxygen atoms in total. The second-order valence-corrected chi connectivity index (χ2v) is 4.06. The summed E-state index contributed by atoms with van der Waals surface area (Å²) in [5.41, 5.74) is 3.40. The number of aliphatic hydroxyl groups is 1. The first-order valence-electron chi connectivity index (χ1n) is 5.06. The highest BCUT2D eigenvalue weighted by molar-refractivity contribution is 6.31. The maximum Gasteiger partial charge on any atom is 0.0848 e. The van der Waals surface area contributed by atoms with Gasteiger partial charge in [0.2, 0.25) is 0 Å². The molecule has 0 bridgehead atoms. The summed E-state index contributed by atoms with van der Waals surface area (Å²) >= 11 is 6.10. The number of rotatable bonds is 2. The van der Waals surface area contributed by atoms with Crippen molar-refractivity contribution in [2.24, 2.45) is 0 Å². The van der Waals surface area contributed by atoms with E-state index in [9.17, 15) is 5.11 Å². The van der Waals surface area contributed by atoms with Crippen LogP contribution < -0.4 is 0 Å². The molecule has 16 heavy (non-hydrogen) atoms. The second-order valence-electron chi connectivity index (χ2n) is 3.68. The van der Waals surface area contributed by atoms with E-state index in [1.54, 1.807) is 4.68 Å². The molecule has 0 aliphatic heterocycles. The quantitative estimate of drug-likeness (QED) is 0.871. The van der Waals surface area contributed by atoms with E-state index in [2.05, 4.69) is 5.10 Å². The van der Waals surface area contributed by atoms with Crippen molar-refractivity contribution in [2.75, 3.05) is 0 Å². The number of nitrogens with zero attached hydrogens (tertiary/aromatic N) is 2. The molecule has 1 N–H and O–H groups in total. The molecule has 0 unspecified atom stereocenters. The number of benzene rings is 1. The van der Waals surface area contributed by atoms with Crippen LogP contribution in [0.3, 0.4) is 0 Å². The van der Waals surface area contributed by atoms with E-state index in [0.717, 1.165) is 22.6 Å². The molecule has 0 saturated carbocycles. The monoisotopic (exact) mass is 236 g/mol. The Kier molecular flexibility index (Phi) is 2.99. The first kappa shape index (κ1) is 11.2. The molecule has 0 atom stereocenters. The molecule has 1 aromatic carbocycles. The normalized spacial score (nSPS) is 10.8. The highest BCUT2D eigenvalue weighted by Gasteiger charge is 2.12. The van der Waals surface area contributed by atoms with Gasteiger partial charge in [0.1, 0.15) is 0 Å². The molecule has 0 aliphatic rings. The minimum absolute atomic E-state index is 0.00780. The summed E-state index contributed by atoms with van der Waals surface area (Å²) in [6, 6.07) is 7.60. The van der Waals surface area contributed by atoms with E-state index in [1.807, 2.05) is 38.1 Å². The van der Waals surface area contributed by atoms with Gasteiger partial charge in [0, 0.05) is 5.56 Å². The second kappa shape index (κ2) is 4.28. The third kappa shape index (κ3) is 1.72. The lowest BCUT2D eigenvalue weighted by Crippen LogP contribution is -2.03. The van der Waals surface area contributed by atoms with Gasteiger partial charge in [0.05, 0.1) is 28.7 Å². The molecule has 0 fully saturated rings. The Morgan fingerprint density at radius 2 is 2.00 bits per heavy atom. The Morgan fingerprint density at radius 1 is 1.31 bits per heavy atom. The minimum Gasteiger partial charge on any atom is -0.392 e. The predicted molar refractivity (Wildman–Crippen MR) is 64.0 cm³/mol. The number of aromatic nitrogens is 2. The van der Waals surface area contributed by atoms with Crippen molar-refractivity contribution in [1.82, 2.24) is 9.78 Å². The van der Waals surface area contributed by atoms with Gasteiger partial charge in [-0.1, -0.05) is 29.8 Å². The summed E-state index contributed by atoms with van der Waals surface area (Å²) in [6.07, 6.45) is 0. The number of aryl methyl sites for hydroxylation is 1. The standard InChI is InChI=1S/C12H13ClN2O/c1-8-12(13)9(2)15(14-8)11-6-4-3-5-10(11)7-16/h3-6,16H,7H2,1-2H3. The lowest BCUT2D eigenvalue weighted by molar-refractivity contribution is 0.281. The van der Waals surface area contributed by atoms with E-state index >= 15 is 0 Å². The van der Waals surface area contributed by atoms with Gasteiger partial charge in [0.15, 0.2) is 0 Å². The highest BCUT2D eigenvalue weighted by Crippen LogP contribution is 2.24. The fraction of sp³-hybridized carbons (Fsp3) is 0.250. The number of aliphatic hydroxyl groups excluding tert-OH is 1. The van der Waals surface area contributed by atoms with Crippen molar-refractivity contribution < 1.29 is 5.11 Å². The van der Waals surface area contributed by atoms with E-state index < -0.39 is 0 Å². The zero-order valence-corrected chi connectivity index (χ0v) is 9.99. The van der Waals surface area contributed by atoms with Gasteiger partial charge in [-0.25, -0.2) is 4.68 Å². The van der Waals surface area contributed by atoms with Crippen LogP contribution >= 0.6 is 11.6 Å². The van der Waals surface area contributed by atoms with E-state index in [4.69, 9.17) is 11.6 Å². The lowest BCUT2D eigenvalue weighted by Gasteiger charge is -2.08. The van der Waals surface area contributed by atoms with Gasteiger partial charge < -0.3 is 5.11 Å². The molecule has 1 heterocycles. The van der Waals surface area contributed by atoms with Gasteiger partial charge in [-0.3, -0.25) is 0 Å². The van der Waals surface area contributed by atoms with Crippen molar-refractivity contribution in [2.45, 2.75) is 20.5 Å². The van der Waals surface area contributed by atoms with Gasteiger partial charge in [-0.2, -0.15) is 5.10 Å². The highest BCUT2D eigenvalue weighted by atomic mass is 35.5. The Bertz CT molecular complexity index is 520. The van der Waals surface area contributed by atoms with Crippen LogP contribution in [0.1, 0.15) is 17.0 Å². The van der Waals surface area contributed by atoms with E-state index in [0.29, 0.717) is 5.02 Å². The average Bonchev–Trinajstić information content (AvgIpc) is 2.57. The lowest BCUT2D eigenvalue weighted by atomic mass is 10.2. The average molecular weight is 237 g/mol. The zero-order chi connectivity index (χ0) is 11.7. The maximum absolute atomic E-state index is 9.27. The van der Waals surface area contributed by atoms with E-state index in [-0.39, 0.29) is 6.61 Å². The van der Waals surface area contributed by atoms with Crippen LogP contribution in [-0.2, 0) is 6.61 Å². The van der Waals surface area contributed by atoms with Crippen molar-refractivity contribution in [1.29, 1.82) is 0 Å². The van der Waals surface area contributed by atoms with Crippen molar-refractivity contribution in [3.63, 3.8) is 0 Å². The molecule has 2 rings (SSSR count). The topological polar surface area (TPSA) is 38.0 Å². The van der Waals surface area contributed by atoms with Crippen molar-refractivity contribution in [3.8, 4) is 5.69 Å². The number of hydrogen-bond donors (Lipinski definition) is 1. The molecule has 1 aromatic heterocycles. The molecule has 0 saturated heterocycles. The van der Waals surface area contributed by atoms with Crippen LogP contribution in [0.5, 0.6) is 0 Å². The summed E-state index contributed by atoms with van der Waals surface area (Å²) in [4.78, 5) is 0. The molecule has 0 aliphatic carbocycles. The van der Waals surface area contributed by atoms with Crippen LogP contribution in [0.4, 0.5) is 0 Å². The number of para-hydroxylation sites is 1. The largest absolute Gasteiger partial charge is 0.392 e. The first-order valence-corrected chi connectivity index (χ1v) is 5.43. The van der Waals surface area contributed by atoms with Gasteiger partial charge in [-0.15, -0.1) is 0 Å². The van der Waals surface area contributed by atoms with Crippen LogP contribution in [0.15, 0.2) is 24.3 Å². The van der Waals surface area contributed by atoms with Gasteiger partial charge >= 0.3 is 0 Å². The van der Waals surface area contributed by atoms with Gasteiger partial charge in [0.25, 0.3) is 0 Å². The summed E-state index contributed by atoms with van der Waals surface area (Å²) < 4.78 is 1.77. The molecule has 0 amide bonds. The van der Waals surface area contributed by atoms with Crippen molar-refractivity contribution in [3.05, 3.63) is 46.2 Å². The summed E-state index contributed by atoms with van der Waals surface area (Å²) in [7, 11) is 0. The minimum atomic E-state index is -0.00780. The van der Waals surface area contributed by atoms with Crippen LogP contribution in [0.2, 0.25) is 5.02 Å². The third-order valence-electron chi connectivity index (χ3n) is 2.59. The zero-order valence-electron chi connectivity index (χ0n) is 9.24. The summed E-state index contributed by atoms with van der Waals surface area (Å²) in [5.74, 6) is 0. The molecule has 4 heteroatoms. The SMILES string of the molecule is Cc1nn(-c2ccccc2CO)c(C)c1Cl. The smallest absolute Gasteiger partial charge is 0.0848 e. The van der Waals surface area contributed by atoms with E-state index in [1.165, 1.54) is 0 Å².